The predicted octanol–water partition coefficient (Wildman–Crippen LogP) is -0.154. The molecule has 1 aromatic carbocycles. The van der Waals surface area contributed by atoms with Crippen LogP contribution in [0.3, 0.4) is 0 Å². The van der Waals surface area contributed by atoms with Crippen LogP contribution in [0, 0.1) is 0 Å². The Hall–Kier alpha value is -2.79. The second-order valence-electron chi connectivity index (χ2n) is 9.17. The highest BCUT2D eigenvalue weighted by Gasteiger charge is 2.23. The zero-order valence-electron chi connectivity index (χ0n) is 19.4. The van der Waals surface area contributed by atoms with Gasteiger partial charge in [0, 0.05) is 58.4 Å². The number of anilines is 2. The van der Waals surface area contributed by atoms with Gasteiger partial charge >= 0.3 is 0 Å². The molecule has 0 radical (unpaired) electrons. The third kappa shape index (κ3) is 5.64. The molecule has 2 aromatic rings. The molecule has 1 amide bonds. The van der Waals surface area contributed by atoms with Crippen LogP contribution in [0.25, 0.3) is 0 Å². The highest BCUT2D eigenvalue weighted by molar-refractivity contribution is 5.93. The predicted molar refractivity (Wildman–Crippen MR) is 129 cm³/mol. The summed E-state index contributed by atoms with van der Waals surface area (Å²) in [6, 6.07) is 10.3. The lowest BCUT2D eigenvalue weighted by molar-refractivity contribution is 0.0209. The Balaban J connectivity index is 1.19. The first-order valence-corrected chi connectivity index (χ1v) is 12.1. The van der Waals surface area contributed by atoms with Gasteiger partial charge in [-0.25, -0.2) is 4.98 Å². The van der Waals surface area contributed by atoms with Gasteiger partial charge in [0.15, 0.2) is 0 Å². The number of nitrogens with one attached hydrogen (secondary N) is 3. The number of β-amino-alcohol motifs (C(OH)–C–C–N with tert-alkyl or cyclic N) is 1. The zero-order valence-corrected chi connectivity index (χ0v) is 19.4. The minimum absolute atomic E-state index is 0.170. The van der Waals surface area contributed by atoms with Crippen LogP contribution in [0.1, 0.15) is 21.6 Å². The molecule has 10 nitrogen and oxygen atoms in total. The molecule has 2 fully saturated rings. The molecule has 1 atom stereocenters. The topological polar surface area (TPSA) is 115 Å². The number of aliphatic hydroxyl groups is 1. The van der Waals surface area contributed by atoms with E-state index < -0.39 is 6.10 Å². The molecule has 0 spiro atoms. The normalized spacial score (nSPS) is 19.7. The fourth-order valence-electron chi connectivity index (χ4n) is 4.53. The highest BCUT2D eigenvalue weighted by atomic mass is 16.5. The maximum absolute atomic E-state index is 13.0. The number of aliphatic hydroxyl groups excluding tert-OH is 1. The van der Waals surface area contributed by atoms with Gasteiger partial charge in [0.05, 0.1) is 25.4 Å². The number of ether oxygens (including phenoxy) is 1. The first-order chi connectivity index (χ1) is 16.6. The van der Waals surface area contributed by atoms with Gasteiger partial charge in [0.1, 0.15) is 11.5 Å². The molecule has 0 unspecified atom stereocenters. The molecule has 4 heterocycles. The quantitative estimate of drug-likeness (QED) is 0.421. The SMILES string of the molecule is O=C(NC[C@H](O)CN1CCc2ccccc2C1)c1cc(NC2COC2)nc(N2CCNCC2)n1. The smallest absolute Gasteiger partial charge is 0.270 e. The lowest BCUT2D eigenvalue weighted by Crippen LogP contribution is -2.45. The van der Waals surface area contributed by atoms with E-state index in [1.807, 2.05) is 0 Å². The van der Waals surface area contributed by atoms with Crippen molar-refractivity contribution in [2.45, 2.75) is 25.1 Å². The van der Waals surface area contributed by atoms with Crippen LogP contribution in [0.2, 0.25) is 0 Å². The van der Waals surface area contributed by atoms with Gasteiger partial charge in [-0.05, 0) is 17.5 Å². The average Bonchev–Trinajstić information content (AvgIpc) is 2.85. The summed E-state index contributed by atoms with van der Waals surface area (Å²) in [6.07, 6.45) is 0.320. The Morgan fingerprint density at radius 2 is 1.97 bits per heavy atom. The first-order valence-electron chi connectivity index (χ1n) is 12.1. The third-order valence-electron chi connectivity index (χ3n) is 6.51. The van der Waals surface area contributed by atoms with E-state index in [-0.39, 0.29) is 18.5 Å². The Labute approximate surface area is 199 Å². The van der Waals surface area contributed by atoms with E-state index in [4.69, 9.17) is 4.74 Å². The fourth-order valence-corrected chi connectivity index (χ4v) is 4.53. The Kier molecular flexibility index (Phi) is 7.19. The number of carbonyl (C=O) groups excluding carboxylic acids is 1. The van der Waals surface area contributed by atoms with Crippen LogP contribution in [-0.4, -0.2) is 97.1 Å². The van der Waals surface area contributed by atoms with Gasteiger partial charge in [-0.2, -0.15) is 4.98 Å². The van der Waals surface area contributed by atoms with Crippen molar-refractivity contribution in [3.63, 3.8) is 0 Å². The fraction of sp³-hybridized carbons (Fsp3) is 0.542. The molecule has 1 aromatic heterocycles. The lowest BCUT2D eigenvalue weighted by Gasteiger charge is -2.30. The van der Waals surface area contributed by atoms with Crippen LogP contribution < -0.4 is 20.9 Å². The standard InChI is InChI=1S/C24H33N7O3/c32-20(14-30-8-5-17-3-1-2-4-18(17)13-30)12-26-23(33)21-11-22(27-19-15-34-16-19)29-24(28-21)31-9-6-25-7-10-31/h1-4,11,19-20,25,32H,5-10,12-16H2,(H,26,33)(H,27,28,29)/t20-/m0/s1. The molecule has 2 saturated heterocycles. The highest BCUT2D eigenvalue weighted by Crippen LogP contribution is 2.19. The van der Waals surface area contributed by atoms with Gasteiger partial charge in [-0.1, -0.05) is 24.3 Å². The number of fused-ring (bicyclic) bond motifs is 1. The van der Waals surface area contributed by atoms with Gasteiger partial charge in [0.25, 0.3) is 5.91 Å². The minimum Gasteiger partial charge on any atom is -0.390 e. The van der Waals surface area contributed by atoms with Crippen molar-refractivity contribution in [1.82, 2.24) is 25.5 Å². The second-order valence-corrected chi connectivity index (χ2v) is 9.17. The third-order valence-corrected chi connectivity index (χ3v) is 6.51. The van der Waals surface area contributed by atoms with Crippen molar-refractivity contribution < 1.29 is 14.6 Å². The molecule has 34 heavy (non-hydrogen) atoms. The number of hydrogen-bond donors (Lipinski definition) is 4. The van der Waals surface area contributed by atoms with Crippen LogP contribution in [-0.2, 0) is 17.7 Å². The Bertz CT molecular complexity index is 994. The summed E-state index contributed by atoms with van der Waals surface area (Å²) in [7, 11) is 0. The van der Waals surface area contributed by atoms with Crippen molar-refractivity contribution in [1.29, 1.82) is 0 Å². The van der Waals surface area contributed by atoms with Crippen LogP contribution in [0.5, 0.6) is 0 Å². The van der Waals surface area contributed by atoms with Crippen molar-refractivity contribution in [3.8, 4) is 0 Å². The van der Waals surface area contributed by atoms with Crippen molar-refractivity contribution in [2.24, 2.45) is 0 Å². The maximum atomic E-state index is 13.0. The number of nitrogens with zero attached hydrogens (tertiary/aromatic N) is 4. The molecular formula is C24H33N7O3. The maximum Gasteiger partial charge on any atom is 0.270 e. The van der Waals surface area contributed by atoms with Crippen molar-refractivity contribution >= 4 is 17.7 Å². The summed E-state index contributed by atoms with van der Waals surface area (Å²) in [5, 5.41) is 20.1. The summed E-state index contributed by atoms with van der Waals surface area (Å²) >= 11 is 0. The Morgan fingerprint density at radius 1 is 1.18 bits per heavy atom. The first kappa shape index (κ1) is 23.0. The molecule has 0 aliphatic carbocycles. The molecule has 182 valence electrons. The van der Waals surface area contributed by atoms with Crippen molar-refractivity contribution in [3.05, 3.63) is 47.2 Å². The van der Waals surface area contributed by atoms with E-state index in [1.165, 1.54) is 11.1 Å². The summed E-state index contributed by atoms with van der Waals surface area (Å²) in [6.45, 7) is 6.94. The minimum atomic E-state index is -0.659. The number of amides is 1. The monoisotopic (exact) mass is 467 g/mol. The van der Waals surface area contributed by atoms with E-state index in [9.17, 15) is 9.90 Å². The number of hydrogen-bond acceptors (Lipinski definition) is 9. The van der Waals surface area contributed by atoms with E-state index >= 15 is 0 Å². The number of rotatable bonds is 8. The average molecular weight is 468 g/mol. The Morgan fingerprint density at radius 3 is 2.74 bits per heavy atom. The van der Waals surface area contributed by atoms with Crippen LogP contribution >= 0.6 is 0 Å². The summed E-state index contributed by atoms with van der Waals surface area (Å²) < 4.78 is 5.24. The lowest BCUT2D eigenvalue weighted by atomic mass is 10.00. The van der Waals surface area contributed by atoms with Gasteiger partial charge < -0.3 is 30.7 Å². The summed E-state index contributed by atoms with van der Waals surface area (Å²) in [5.41, 5.74) is 2.98. The van der Waals surface area contributed by atoms with Gasteiger partial charge in [-0.3, -0.25) is 9.69 Å². The van der Waals surface area contributed by atoms with E-state index in [0.29, 0.717) is 37.2 Å². The largest absolute Gasteiger partial charge is 0.390 e. The van der Waals surface area contributed by atoms with Gasteiger partial charge in [0.2, 0.25) is 5.95 Å². The van der Waals surface area contributed by atoms with Crippen molar-refractivity contribution in [2.75, 3.05) is 69.2 Å². The number of aromatic nitrogens is 2. The molecule has 4 N–H and O–H groups in total. The molecule has 10 heteroatoms. The van der Waals surface area contributed by atoms with E-state index in [1.54, 1.807) is 6.07 Å². The van der Waals surface area contributed by atoms with Gasteiger partial charge in [-0.15, -0.1) is 0 Å². The molecular weight excluding hydrogens is 434 g/mol. The van der Waals surface area contributed by atoms with E-state index in [2.05, 4.69) is 60.0 Å². The molecule has 5 rings (SSSR count). The second kappa shape index (κ2) is 10.6. The molecule has 0 bridgehead atoms. The summed E-state index contributed by atoms with van der Waals surface area (Å²) in [5.74, 6) is 0.855. The molecule has 3 aliphatic heterocycles. The number of benzene rings is 1. The van der Waals surface area contributed by atoms with Crippen LogP contribution in [0.4, 0.5) is 11.8 Å². The molecule has 0 saturated carbocycles. The van der Waals surface area contributed by atoms with E-state index in [0.717, 1.165) is 45.7 Å². The zero-order chi connectivity index (χ0) is 23.3. The molecule has 3 aliphatic rings. The number of piperazine rings is 1. The number of carbonyl (C=O) groups is 1. The van der Waals surface area contributed by atoms with Crippen LogP contribution in [0.15, 0.2) is 30.3 Å². The summed E-state index contributed by atoms with van der Waals surface area (Å²) in [4.78, 5) is 26.4.